The number of rotatable bonds is 7. The lowest BCUT2D eigenvalue weighted by Gasteiger charge is -2.06. The minimum absolute atomic E-state index is 0.0611. The standard InChI is InChI=1S/C13H18N2O2S/c1-2-3-7-15-8-9-18(16,17)13-6-4-5-12(10-13)11-14/h4-6,10,15H,2-3,7-9H2,1H3. The van der Waals surface area contributed by atoms with Crippen molar-refractivity contribution < 1.29 is 8.42 Å². The Morgan fingerprint density at radius 3 is 2.78 bits per heavy atom. The van der Waals surface area contributed by atoms with Gasteiger partial charge in [0.25, 0.3) is 0 Å². The predicted molar refractivity (Wildman–Crippen MR) is 71.0 cm³/mol. The molecule has 0 radical (unpaired) electrons. The highest BCUT2D eigenvalue weighted by atomic mass is 32.2. The van der Waals surface area contributed by atoms with Crippen LogP contribution in [0.3, 0.4) is 0 Å². The molecule has 5 heteroatoms. The number of hydrogen-bond donors (Lipinski definition) is 1. The van der Waals surface area contributed by atoms with Crippen molar-refractivity contribution in [1.82, 2.24) is 5.32 Å². The number of nitrogens with one attached hydrogen (secondary N) is 1. The molecule has 0 amide bonds. The first kappa shape index (κ1) is 14.7. The maximum Gasteiger partial charge on any atom is 0.179 e. The average Bonchev–Trinajstić information content (AvgIpc) is 2.38. The second kappa shape index (κ2) is 7.14. The van der Waals surface area contributed by atoms with E-state index in [4.69, 9.17) is 5.26 Å². The largest absolute Gasteiger partial charge is 0.316 e. The van der Waals surface area contributed by atoms with Crippen LogP contribution in [-0.4, -0.2) is 27.3 Å². The van der Waals surface area contributed by atoms with Gasteiger partial charge < -0.3 is 5.32 Å². The highest BCUT2D eigenvalue weighted by Crippen LogP contribution is 2.12. The zero-order chi connectivity index (χ0) is 13.4. The van der Waals surface area contributed by atoms with Crippen LogP contribution in [-0.2, 0) is 9.84 Å². The molecule has 0 saturated heterocycles. The minimum atomic E-state index is -3.29. The maximum atomic E-state index is 12.0. The Morgan fingerprint density at radius 2 is 2.11 bits per heavy atom. The van der Waals surface area contributed by atoms with E-state index >= 15 is 0 Å². The summed E-state index contributed by atoms with van der Waals surface area (Å²) < 4.78 is 24.0. The van der Waals surface area contributed by atoms with E-state index in [1.54, 1.807) is 12.1 Å². The van der Waals surface area contributed by atoms with E-state index in [0.29, 0.717) is 12.1 Å². The molecular formula is C13H18N2O2S. The number of sulfone groups is 1. The van der Waals surface area contributed by atoms with Gasteiger partial charge in [0.05, 0.1) is 22.3 Å². The topological polar surface area (TPSA) is 70.0 Å². The fraction of sp³-hybridized carbons (Fsp3) is 0.462. The Kier molecular flexibility index (Phi) is 5.83. The molecule has 0 aromatic heterocycles. The van der Waals surface area contributed by atoms with Crippen molar-refractivity contribution in [3.63, 3.8) is 0 Å². The second-order valence-electron chi connectivity index (χ2n) is 4.06. The highest BCUT2D eigenvalue weighted by molar-refractivity contribution is 7.91. The third kappa shape index (κ3) is 4.47. The summed E-state index contributed by atoms with van der Waals surface area (Å²) in [6.45, 7) is 3.37. The molecule has 0 aliphatic carbocycles. The van der Waals surface area contributed by atoms with E-state index in [-0.39, 0.29) is 10.6 Å². The summed E-state index contributed by atoms with van der Waals surface area (Å²) >= 11 is 0. The van der Waals surface area contributed by atoms with Crippen LogP contribution in [0.5, 0.6) is 0 Å². The molecule has 1 rings (SSSR count). The Hall–Kier alpha value is -1.38. The first-order valence-corrected chi connectivity index (χ1v) is 7.69. The number of unbranched alkanes of at least 4 members (excludes halogenated alkanes) is 1. The monoisotopic (exact) mass is 266 g/mol. The summed E-state index contributed by atoms with van der Waals surface area (Å²) in [6.07, 6.45) is 2.13. The first-order valence-electron chi connectivity index (χ1n) is 6.04. The van der Waals surface area contributed by atoms with Gasteiger partial charge in [-0.25, -0.2) is 8.42 Å². The quantitative estimate of drug-likeness (QED) is 0.763. The van der Waals surface area contributed by atoms with Crippen LogP contribution < -0.4 is 5.32 Å². The van der Waals surface area contributed by atoms with E-state index in [9.17, 15) is 8.42 Å². The summed E-state index contributed by atoms with van der Waals surface area (Å²) in [6, 6.07) is 8.08. The lowest BCUT2D eigenvalue weighted by molar-refractivity contribution is 0.588. The first-order chi connectivity index (χ1) is 8.60. The van der Waals surface area contributed by atoms with Gasteiger partial charge in [-0.2, -0.15) is 5.26 Å². The van der Waals surface area contributed by atoms with E-state index in [1.807, 2.05) is 6.07 Å². The molecule has 1 aromatic carbocycles. The van der Waals surface area contributed by atoms with Crippen LogP contribution >= 0.6 is 0 Å². The van der Waals surface area contributed by atoms with Gasteiger partial charge in [-0.15, -0.1) is 0 Å². The smallest absolute Gasteiger partial charge is 0.179 e. The van der Waals surface area contributed by atoms with Gasteiger partial charge in [0.1, 0.15) is 0 Å². The van der Waals surface area contributed by atoms with Gasteiger partial charge in [-0.1, -0.05) is 19.4 Å². The summed E-state index contributed by atoms with van der Waals surface area (Å²) in [5, 5.41) is 11.8. The maximum absolute atomic E-state index is 12.0. The fourth-order valence-electron chi connectivity index (χ4n) is 1.51. The van der Waals surface area contributed by atoms with Crippen molar-refractivity contribution >= 4 is 9.84 Å². The third-order valence-corrected chi connectivity index (χ3v) is 4.29. The fourth-order valence-corrected chi connectivity index (χ4v) is 2.75. The Balaban J connectivity index is 2.60. The van der Waals surface area contributed by atoms with Crippen LogP contribution in [0.25, 0.3) is 0 Å². The molecule has 0 bridgehead atoms. The van der Waals surface area contributed by atoms with Gasteiger partial charge in [-0.3, -0.25) is 0 Å². The summed E-state index contributed by atoms with van der Waals surface area (Å²) in [5.41, 5.74) is 0.370. The minimum Gasteiger partial charge on any atom is -0.316 e. The van der Waals surface area contributed by atoms with E-state index < -0.39 is 9.84 Å². The lowest BCUT2D eigenvalue weighted by atomic mass is 10.2. The summed E-state index contributed by atoms with van der Waals surface area (Å²) in [4.78, 5) is 0.221. The molecule has 4 nitrogen and oxygen atoms in total. The summed E-state index contributed by atoms with van der Waals surface area (Å²) in [5.74, 6) is 0.0611. The Bertz CT molecular complexity index is 518. The molecule has 0 atom stereocenters. The van der Waals surface area contributed by atoms with Gasteiger partial charge in [-0.05, 0) is 31.2 Å². The van der Waals surface area contributed by atoms with Crippen molar-refractivity contribution in [1.29, 1.82) is 5.26 Å². The lowest BCUT2D eigenvalue weighted by Crippen LogP contribution is -2.23. The van der Waals surface area contributed by atoms with Crippen molar-refractivity contribution in [2.45, 2.75) is 24.7 Å². The molecule has 1 N–H and O–H groups in total. The van der Waals surface area contributed by atoms with Gasteiger partial charge in [0.15, 0.2) is 9.84 Å². The molecule has 0 saturated carbocycles. The predicted octanol–water partition coefficient (Wildman–Crippen LogP) is 1.72. The van der Waals surface area contributed by atoms with Crippen LogP contribution in [0.2, 0.25) is 0 Å². The Morgan fingerprint density at radius 1 is 1.33 bits per heavy atom. The van der Waals surface area contributed by atoms with Crippen LogP contribution in [0.15, 0.2) is 29.2 Å². The average molecular weight is 266 g/mol. The Labute approximate surface area is 109 Å². The SMILES string of the molecule is CCCCNCCS(=O)(=O)c1cccc(C#N)c1. The third-order valence-electron chi connectivity index (χ3n) is 2.58. The van der Waals surface area contributed by atoms with Crippen molar-refractivity contribution in [3.05, 3.63) is 29.8 Å². The van der Waals surface area contributed by atoms with Gasteiger partial charge >= 0.3 is 0 Å². The second-order valence-corrected chi connectivity index (χ2v) is 6.17. The van der Waals surface area contributed by atoms with Crippen LogP contribution in [0, 0.1) is 11.3 Å². The van der Waals surface area contributed by atoms with Gasteiger partial charge in [0, 0.05) is 6.54 Å². The molecule has 0 heterocycles. The molecule has 98 valence electrons. The zero-order valence-electron chi connectivity index (χ0n) is 10.5. The molecule has 0 aliphatic rings. The molecular weight excluding hydrogens is 248 g/mol. The number of benzene rings is 1. The molecule has 0 fully saturated rings. The number of nitrogens with zero attached hydrogens (tertiary/aromatic N) is 1. The van der Waals surface area contributed by atoms with Crippen LogP contribution in [0.4, 0.5) is 0 Å². The van der Waals surface area contributed by atoms with Crippen LogP contribution in [0.1, 0.15) is 25.3 Å². The normalized spacial score (nSPS) is 11.1. The van der Waals surface area contributed by atoms with Crippen molar-refractivity contribution in [3.8, 4) is 6.07 Å². The highest BCUT2D eigenvalue weighted by Gasteiger charge is 2.14. The summed E-state index contributed by atoms with van der Waals surface area (Å²) in [7, 11) is -3.29. The molecule has 1 aromatic rings. The molecule has 0 unspecified atom stereocenters. The van der Waals surface area contributed by atoms with Crippen molar-refractivity contribution in [2.75, 3.05) is 18.8 Å². The number of nitriles is 1. The van der Waals surface area contributed by atoms with Crippen molar-refractivity contribution in [2.24, 2.45) is 0 Å². The van der Waals surface area contributed by atoms with E-state index in [1.165, 1.54) is 12.1 Å². The number of hydrogen-bond acceptors (Lipinski definition) is 4. The van der Waals surface area contributed by atoms with Gasteiger partial charge in [0.2, 0.25) is 0 Å². The van der Waals surface area contributed by atoms with E-state index in [2.05, 4.69) is 12.2 Å². The molecule has 0 aliphatic heterocycles. The molecule has 0 spiro atoms. The zero-order valence-corrected chi connectivity index (χ0v) is 11.3. The molecule has 18 heavy (non-hydrogen) atoms. The van der Waals surface area contributed by atoms with E-state index in [0.717, 1.165) is 19.4 Å².